The first-order valence-electron chi connectivity index (χ1n) is 7.76. The molecule has 1 heterocycles. The van der Waals surface area contributed by atoms with Crippen LogP contribution in [0, 0.1) is 5.92 Å². The van der Waals surface area contributed by atoms with Crippen LogP contribution in [0.25, 0.3) is 0 Å². The molecule has 20 heavy (non-hydrogen) atoms. The summed E-state index contributed by atoms with van der Waals surface area (Å²) < 4.78 is 10.8. The molecule has 1 rings (SSSR count). The van der Waals surface area contributed by atoms with Crippen molar-refractivity contribution in [3.63, 3.8) is 0 Å². The van der Waals surface area contributed by atoms with E-state index in [9.17, 15) is 4.79 Å². The van der Waals surface area contributed by atoms with E-state index < -0.39 is 0 Å². The lowest BCUT2D eigenvalue weighted by Gasteiger charge is -2.22. The van der Waals surface area contributed by atoms with Crippen LogP contribution < -0.4 is 5.32 Å². The van der Waals surface area contributed by atoms with E-state index in [0.29, 0.717) is 32.3 Å². The van der Waals surface area contributed by atoms with Crippen LogP contribution in [0.2, 0.25) is 0 Å². The molecule has 1 fully saturated rings. The van der Waals surface area contributed by atoms with Crippen molar-refractivity contribution in [1.82, 2.24) is 5.32 Å². The number of carbonyl (C=O) groups excluding carboxylic acids is 1. The largest absolute Gasteiger partial charge is 0.376 e. The quantitative estimate of drug-likeness (QED) is 0.697. The third-order valence-electron chi connectivity index (χ3n) is 3.49. The molecule has 1 aliphatic rings. The van der Waals surface area contributed by atoms with Gasteiger partial charge in [-0.3, -0.25) is 4.79 Å². The molecule has 2 atom stereocenters. The Morgan fingerprint density at radius 3 is 2.90 bits per heavy atom. The number of ether oxygens (including phenoxy) is 2. The van der Waals surface area contributed by atoms with E-state index in [1.165, 1.54) is 19.3 Å². The van der Waals surface area contributed by atoms with E-state index in [4.69, 9.17) is 9.47 Å². The van der Waals surface area contributed by atoms with Crippen molar-refractivity contribution in [3.8, 4) is 0 Å². The van der Waals surface area contributed by atoms with Crippen LogP contribution in [-0.4, -0.2) is 38.4 Å². The molecule has 1 saturated heterocycles. The molecule has 1 N–H and O–H groups in total. The summed E-state index contributed by atoms with van der Waals surface area (Å²) in [5, 5.41) is 2.88. The molecule has 0 bridgehead atoms. The average Bonchev–Trinajstić information content (AvgIpc) is 2.44. The summed E-state index contributed by atoms with van der Waals surface area (Å²) in [6.07, 6.45) is 6.43. The van der Waals surface area contributed by atoms with Gasteiger partial charge in [0.2, 0.25) is 5.91 Å². The summed E-state index contributed by atoms with van der Waals surface area (Å²) in [6.45, 7) is 8.84. The van der Waals surface area contributed by atoms with Gasteiger partial charge < -0.3 is 14.8 Å². The van der Waals surface area contributed by atoms with Crippen LogP contribution in [-0.2, 0) is 14.3 Å². The van der Waals surface area contributed by atoms with Gasteiger partial charge in [-0.2, -0.15) is 0 Å². The Morgan fingerprint density at radius 2 is 2.25 bits per heavy atom. The van der Waals surface area contributed by atoms with Crippen LogP contribution in [0.1, 0.15) is 46.5 Å². The maximum atomic E-state index is 11.8. The second-order valence-electron chi connectivity index (χ2n) is 5.76. The van der Waals surface area contributed by atoms with Crippen LogP contribution in [0.3, 0.4) is 0 Å². The molecule has 0 spiro atoms. The lowest BCUT2D eigenvalue weighted by Crippen LogP contribution is -2.39. The Labute approximate surface area is 122 Å². The van der Waals surface area contributed by atoms with E-state index in [0.717, 1.165) is 12.0 Å². The monoisotopic (exact) mass is 283 g/mol. The lowest BCUT2D eigenvalue weighted by atomic mass is 9.96. The summed E-state index contributed by atoms with van der Waals surface area (Å²) in [4.78, 5) is 11.8. The summed E-state index contributed by atoms with van der Waals surface area (Å²) in [5.74, 6) is 0.619. The number of allylic oxidation sites excluding steroid dienone is 1. The van der Waals surface area contributed by atoms with Gasteiger partial charge in [-0.05, 0) is 19.3 Å². The summed E-state index contributed by atoms with van der Waals surface area (Å²) in [7, 11) is 0. The van der Waals surface area contributed by atoms with Gasteiger partial charge in [-0.1, -0.05) is 38.7 Å². The number of carbonyl (C=O) groups is 1. The van der Waals surface area contributed by atoms with Crippen LogP contribution >= 0.6 is 0 Å². The fraction of sp³-hybridized carbons (Fsp3) is 0.812. The summed E-state index contributed by atoms with van der Waals surface area (Å²) in [6, 6.07) is 0. The molecule has 0 saturated carbocycles. The normalized spacial score (nSPS) is 21.6. The topological polar surface area (TPSA) is 47.6 Å². The number of hydrogen-bond donors (Lipinski definition) is 1. The maximum absolute atomic E-state index is 11.8. The van der Waals surface area contributed by atoms with Gasteiger partial charge >= 0.3 is 0 Å². The van der Waals surface area contributed by atoms with E-state index >= 15 is 0 Å². The fourth-order valence-corrected chi connectivity index (χ4v) is 2.41. The van der Waals surface area contributed by atoms with Gasteiger partial charge in [0.1, 0.15) is 0 Å². The predicted octanol–water partition coefficient (Wildman–Crippen LogP) is 2.68. The minimum atomic E-state index is -0.0284. The summed E-state index contributed by atoms with van der Waals surface area (Å²) in [5.41, 5.74) is 1.15. The second-order valence-corrected chi connectivity index (χ2v) is 5.76. The fourth-order valence-electron chi connectivity index (χ4n) is 2.41. The zero-order valence-electron chi connectivity index (χ0n) is 13.1. The number of unbranched alkanes of at least 4 members (excludes halogenated alkanes) is 1. The summed E-state index contributed by atoms with van der Waals surface area (Å²) >= 11 is 0. The Morgan fingerprint density at radius 1 is 1.45 bits per heavy atom. The van der Waals surface area contributed by atoms with Gasteiger partial charge in [0.25, 0.3) is 0 Å². The van der Waals surface area contributed by atoms with Gasteiger partial charge in [0.05, 0.1) is 25.9 Å². The zero-order valence-corrected chi connectivity index (χ0v) is 13.1. The first-order chi connectivity index (χ1) is 9.61. The second kappa shape index (κ2) is 9.94. The molecule has 4 heteroatoms. The molecule has 1 aliphatic heterocycles. The van der Waals surface area contributed by atoms with Crippen molar-refractivity contribution >= 4 is 5.91 Å². The Kier molecular flexibility index (Phi) is 8.54. The lowest BCUT2D eigenvalue weighted by molar-refractivity contribution is -0.119. The van der Waals surface area contributed by atoms with Crippen molar-refractivity contribution < 1.29 is 14.3 Å². The van der Waals surface area contributed by atoms with Gasteiger partial charge in [0, 0.05) is 12.6 Å². The first-order valence-corrected chi connectivity index (χ1v) is 7.76. The third-order valence-corrected chi connectivity index (χ3v) is 3.49. The molecule has 0 aliphatic carbocycles. The number of nitrogens with one attached hydrogen (secondary N) is 1. The smallest absolute Gasteiger partial charge is 0.244 e. The molecular formula is C16H29NO3. The molecule has 0 aromatic rings. The molecular weight excluding hydrogens is 254 g/mol. The number of rotatable bonds is 8. The van der Waals surface area contributed by atoms with E-state index in [1.807, 2.05) is 6.92 Å². The van der Waals surface area contributed by atoms with Crippen molar-refractivity contribution in [2.45, 2.75) is 52.6 Å². The maximum Gasteiger partial charge on any atom is 0.244 e. The van der Waals surface area contributed by atoms with Crippen molar-refractivity contribution in [2.24, 2.45) is 5.92 Å². The van der Waals surface area contributed by atoms with Gasteiger partial charge in [-0.25, -0.2) is 0 Å². The molecule has 2 unspecified atom stereocenters. The first kappa shape index (κ1) is 17.2. The van der Waals surface area contributed by atoms with E-state index in [2.05, 4.69) is 19.2 Å². The SMILES string of the molecule is CCCCC(C)CC(C)=CC(=O)NCC1COCCO1. The van der Waals surface area contributed by atoms with Crippen LogP contribution in [0.4, 0.5) is 0 Å². The van der Waals surface area contributed by atoms with E-state index in [-0.39, 0.29) is 12.0 Å². The Balaban J connectivity index is 2.22. The molecule has 116 valence electrons. The minimum Gasteiger partial charge on any atom is -0.376 e. The molecule has 1 amide bonds. The van der Waals surface area contributed by atoms with Gasteiger partial charge in [0.15, 0.2) is 0 Å². The molecule has 0 radical (unpaired) electrons. The molecule has 0 aromatic heterocycles. The van der Waals surface area contributed by atoms with Crippen molar-refractivity contribution in [2.75, 3.05) is 26.4 Å². The molecule has 4 nitrogen and oxygen atoms in total. The van der Waals surface area contributed by atoms with Crippen molar-refractivity contribution in [1.29, 1.82) is 0 Å². The molecule has 0 aromatic carbocycles. The highest BCUT2D eigenvalue weighted by Gasteiger charge is 2.14. The van der Waals surface area contributed by atoms with E-state index in [1.54, 1.807) is 6.08 Å². The standard InChI is InChI=1S/C16H29NO3/c1-4-5-6-13(2)9-14(3)10-16(18)17-11-15-12-19-7-8-20-15/h10,13,15H,4-9,11-12H2,1-3H3,(H,17,18). The number of hydrogen-bond acceptors (Lipinski definition) is 3. The van der Waals surface area contributed by atoms with Crippen molar-refractivity contribution in [3.05, 3.63) is 11.6 Å². The Hall–Kier alpha value is -0.870. The third kappa shape index (κ3) is 7.65. The Bertz CT molecular complexity index is 309. The highest BCUT2D eigenvalue weighted by atomic mass is 16.6. The van der Waals surface area contributed by atoms with Crippen LogP contribution in [0.5, 0.6) is 0 Å². The number of amides is 1. The minimum absolute atomic E-state index is 0.00937. The zero-order chi connectivity index (χ0) is 14.8. The van der Waals surface area contributed by atoms with Crippen LogP contribution in [0.15, 0.2) is 11.6 Å². The highest BCUT2D eigenvalue weighted by molar-refractivity contribution is 5.88. The highest BCUT2D eigenvalue weighted by Crippen LogP contribution is 2.16. The van der Waals surface area contributed by atoms with Gasteiger partial charge in [-0.15, -0.1) is 0 Å². The average molecular weight is 283 g/mol. The predicted molar refractivity (Wildman–Crippen MR) is 80.6 cm³/mol.